The maximum Gasteiger partial charge on any atom is 0.118 e. The molecule has 0 fully saturated rings. The SMILES string of the molecule is CCNC(c1ccc(OC)cc1)C(C)N(C)C(C)COC. The molecule has 0 aliphatic rings. The van der Waals surface area contributed by atoms with Crippen molar-refractivity contribution >= 4 is 0 Å². The Morgan fingerprint density at radius 2 is 1.76 bits per heavy atom. The van der Waals surface area contributed by atoms with Crippen molar-refractivity contribution in [3.63, 3.8) is 0 Å². The first-order valence-electron chi connectivity index (χ1n) is 7.63. The van der Waals surface area contributed by atoms with Crippen molar-refractivity contribution in [2.45, 2.75) is 38.9 Å². The van der Waals surface area contributed by atoms with E-state index < -0.39 is 0 Å². The summed E-state index contributed by atoms with van der Waals surface area (Å²) in [6.07, 6.45) is 0. The third-order valence-electron chi connectivity index (χ3n) is 4.13. The zero-order valence-corrected chi connectivity index (χ0v) is 14.2. The Morgan fingerprint density at radius 3 is 2.24 bits per heavy atom. The van der Waals surface area contributed by atoms with E-state index in [4.69, 9.17) is 9.47 Å². The minimum absolute atomic E-state index is 0.283. The van der Waals surface area contributed by atoms with Crippen LogP contribution in [0.5, 0.6) is 5.75 Å². The molecule has 0 aliphatic heterocycles. The lowest BCUT2D eigenvalue weighted by Gasteiger charge is -2.36. The van der Waals surface area contributed by atoms with Gasteiger partial charge in [0.15, 0.2) is 0 Å². The third-order valence-corrected chi connectivity index (χ3v) is 4.13. The summed E-state index contributed by atoms with van der Waals surface area (Å²) in [6, 6.07) is 9.34. The molecular weight excluding hydrogens is 264 g/mol. The summed E-state index contributed by atoms with van der Waals surface area (Å²) in [4.78, 5) is 2.36. The molecule has 0 saturated carbocycles. The van der Waals surface area contributed by atoms with Gasteiger partial charge in [-0.2, -0.15) is 0 Å². The molecule has 3 unspecified atom stereocenters. The predicted octanol–water partition coefficient (Wildman–Crippen LogP) is 2.70. The van der Waals surface area contributed by atoms with Gasteiger partial charge in [0.05, 0.1) is 13.7 Å². The number of hydrogen-bond acceptors (Lipinski definition) is 4. The van der Waals surface area contributed by atoms with Gasteiger partial charge in [-0.1, -0.05) is 19.1 Å². The average molecular weight is 294 g/mol. The lowest BCUT2D eigenvalue weighted by molar-refractivity contribution is 0.0812. The maximum atomic E-state index is 5.27. The van der Waals surface area contributed by atoms with Crippen LogP contribution in [-0.4, -0.2) is 51.4 Å². The molecule has 0 saturated heterocycles. The van der Waals surface area contributed by atoms with Gasteiger partial charge in [0.25, 0.3) is 0 Å². The summed E-state index contributed by atoms with van der Waals surface area (Å²) in [5, 5.41) is 3.59. The van der Waals surface area contributed by atoms with Gasteiger partial charge in [-0.05, 0) is 45.1 Å². The van der Waals surface area contributed by atoms with Gasteiger partial charge in [-0.15, -0.1) is 0 Å². The minimum Gasteiger partial charge on any atom is -0.497 e. The number of ether oxygens (including phenoxy) is 2. The van der Waals surface area contributed by atoms with Crippen molar-refractivity contribution in [2.75, 3.05) is 34.4 Å². The van der Waals surface area contributed by atoms with Gasteiger partial charge >= 0.3 is 0 Å². The fraction of sp³-hybridized carbons (Fsp3) is 0.647. The number of nitrogens with one attached hydrogen (secondary N) is 1. The summed E-state index contributed by atoms with van der Waals surface area (Å²) in [7, 11) is 5.60. The Morgan fingerprint density at radius 1 is 1.14 bits per heavy atom. The van der Waals surface area contributed by atoms with Gasteiger partial charge < -0.3 is 14.8 Å². The highest BCUT2D eigenvalue weighted by Crippen LogP contribution is 2.23. The third kappa shape index (κ3) is 4.99. The van der Waals surface area contributed by atoms with E-state index in [1.807, 2.05) is 12.1 Å². The first-order chi connectivity index (χ1) is 10.0. The second kappa shape index (κ2) is 9.03. The van der Waals surface area contributed by atoms with Crippen molar-refractivity contribution in [2.24, 2.45) is 0 Å². The van der Waals surface area contributed by atoms with Crippen molar-refractivity contribution in [1.29, 1.82) is 0 Å². The highest BCUT2D eigenvalue weighted by atomic mass is 16.5. The quantitative estimate of drug-likeness (QED) is 0.759. The fourth-order valence-electron chi connectivity index (χ4n) is 2.59. The number of likely N-dealkylation sites (N-methyl/N-ethyl adjacent to an activating group) is 2. The monoisotopic (exact) mass is 294 g/mol. The van der Waals surface area contributed by atoms with E-state index in [-0.39, 0.29) is 6.04 Å². The lowest BCUT2D eigenvalue weighted by Crippen LogP contribution is -2.46. The van der Waals surface area contributed by atoms with Crippen LogP contribution in [0.1, 0.15) is 32.4 Å². The molecule has 0 aromatic heterocycles. The van der Waals surface area contributed by atoms with Gasteiger partial charge in [0.2, 0.25) is 0 Å². The molecule has 120 valence electrons. The Labute approximate surface area is 129 Å². The van der Waals surface area contributed by atoms with Crippen LogP contribution in [0.4, 0.5) is 0 Å². The second-order valence-corrected chi connectivity index (χ2v) is 5.52. The summed E-state index contributed by atoms with van der Waals surface area (Å²) in [5.41, 5.74) is 1.28. The van der Waals surface area contributed by atoms with Crippen molar-refractivity contribution in [3.8, 4) is 5.75 Å². The van der Waals surface area contributed by atoms with Gasteiger partial charge in [0.1, 0.15) is 5.75 Å². The molecule has 1 rings (SSSR count). The zero-order valence-electron chi connectivity index (χ0n) is 14.2. The van der Waals surface area contributed by atoms with Crippen molar-refractivity contribution < 1.29 is 9.47 Å². The Bertz CT molecular complexity index is 394. The fourth-order valence-corrected chi connectivity index (χ4v) is 2.59. The average Bonchev–Trinajstić information content (AvgIpc) is 2.51. The molecule has 0 amide bonds. The van der Waals surface area contributed by atoms with Crippen LogP contribution < -0.4 is 10.1 Å². The molecule has 3 atom stereocenters. The van der Waals surface area contributed by atoms with Crippen LogP contribution >= 0.6 is 0 Å². The predicted molar refractivity (Wildman–Crippen MR) is 88.0 cm³/mol. The van der Waals surface area contributed by atoms with Crippen LogP contribution in [0.25, 0.3) is 0 Å². The molecule has 0 spiro atoms. The van der Waals surface area contributed by atoms with Crippen LogP contribution in [0.3, 0.4) is 0 Å². The molecule has 1 N–H and O–H groups in total. The molecular formula is C17H30N2O2. The molecule has 0 bridgehead atoms. The molecule has 1 aromatic carbocycles. The number of nitrogens with zero attached hydrogens (tertiary/aromatic N) is 1. The first kappa shape index (κ1) is 18.0. The highest BCUT2D eigenvalue weighted by Gasteiger charge is 2.25. The summed E-state index contributed by atoms with van der Waals surface area (Å²) < 4.78 is 10.5. The highest BCUT2D eigenvalue weighted by molar-refractivity contribution is 5.29. The van der Waals surface area contributed by atoms with Crippen LogP contribution in [0.2, 0.25) is 0 Å². The smallest absolute Gasteiger partial charge is 0.118 e. The second-order valence-electron chi connectivity index (χ2n) is 5.52. The topological polar surface area (TPSA) is 33.7 Å². The molecule has 21 heavy (non-hydrogen) atoms. The van der Waals surface area contributed by atoms with Crippen LogP contribution in [0.15, 0.2) is 24.3 Å². The van der Waals surface area contributed by atoms with Gasteiger partial charge in [0, 0.05) is 25.2 Å². The van der Waals surface area contributed by atoms with E-state index in [0.29, 0.717) is 12.1 Å². The Balaban J connectivity index is 2.88. The molecule has 0 aliphatic carbocycles. The van der Waals surface area contributed by atoms with Crippen molar-refractivity contribution in [1.82, 2.24) is 10.2 Å². The summed E-state index contributed by atoms with van der Waals surface area (Å²) in [6.45, 7) is 8.26. The van der Waals surface area contributed by atoms with Gasteiger partial charge in [-0.25, -0.2) is 0 Å². The summed E-state index contributed by atoms with van der Waals surface area (Å²) in [5.74, 6) is 0.891. The van der Waals surface area contributed by atoms with E-state index >= 15 is 0 Å². The number of benzene rings is 1. The first-order valence-corrected chi connectivity index (χ1v) is 7.63. The minimum atomic E-state index is 0.283. The number of hydrogen-bond donors (Lipinski definition) is 1. The molecule has 0 heterocycles. The van der Waals surface area contributed by atoms with Crippen LogP contribution in [-0.2, 0) is 4.74 Å². The van der Waals surface area contributed by atoms with E-state index in [1.165, 1.54) is 5.56 Å². The maximum absolute atomic E-state index is 5.27. The summed E-state index contributed by atoms with van der Waals surface area (Å²) >= 11 is 0. The number of methoxy groups -OCH3 is 2. The van der Waals surface area contributed by atoms with Crippen LogP contribution in [0, 0.1) is 0 Å². The van der Waals surface area contributed by atoms with E-state index in [0.717, 1.165) is 18.9 Å². The largest absolute Gasteiger partial charge is 0.497 e. The van der Waals surface area contributed by atoms with E-state index in [2.05, 4.69) is 50.2 Å². The molecule has 4 nitrogen and oxygen atoms in total. The standard InChI is InChI=1S/C17H30N2O2/c1-7-18-17(14(3)19(4)13(2)12-20-5)15-8-10-16(21-6)11-9-15/h8-11,13-14,17-18H,7,12H2,1-6H3. The Hall–Kier alpha value is -1.10. The zero-order chi connectivity index (χ0) is 15.8. The van der Waals surface area contributed by atoms with Crippen molar-refractivity contribution in [3.05, 3.63) is 29.8 Å². The molecule has 1 aromatic rings. The number of rotatable bonds is 9. The lowest BCUT2D eigenvalue weighted by atomic mass is 9.98. The van der Waals surface area contributed by atoms with E-state index in [1.54, 1.807) is 14.2 Å². The molecule has 0 radical (unpaired) electrons. The molecule has 4 heteroatoms. The van der Waals surface area contributed by atoms with E-state index in [9.17, 15) is 0 Å². The Kier molecular flexibility index (Phi) is 7.72. The normalized spacial score (nSPS) is 15.8. The van der Waals surface area contributed by atoms with Gasteiger partial charge in [-0.3, -0.25) is 4.90 Å².